The second kappa shape index (κ2) is 7.06. The first-order valence-electron chi connectivity index (χ1n) is 7.19. The van der Waals surface area contributed by atoms with E-state index in [2.05, 4.69) is 4.98 Å². The van der Waals surface area contributed by atoms with Crippen LogP contribution in [0.2, 0.25) is 15.1 Å². The molecule has 0 bridgehead atoms. The second-order valence-electron chi connectivity index (χ2n) is 5.29. The van der Waals surface area contributed by atoms with E-state index in [4.69, 9.17) is 34.8 Å². The molecule has 3 rings (SSSR count). The predicted octanol–water partition coefficient (Wildman–Crippen LogP) is 3.55. The van der Waals surface area contributed by atoms with Gasteiger partial charge >= 0.3 is 0 Å². The highest BCUT2D eigenvalue weighted by atomic mass is 35.5. The van der Waals surface area contributed by atoms with Crippen LogP contribution in [0.3, 0.4) is 0 Å². The van der Waals surface area contributed by atoms with Gasteiger partial charge in [0.25, 0.3) is 0 Å². The van der Waals surface area contributed by atoms with Gasteiger partial charge in [0.2, 0.25) is 10.0 Å². The summed E-state index contributed by atoms with van der Waals surface area (Å²) in [5.41, 5.74) is 0.851. The number of aromatic nitrogens is 1. The Bertz CT molecular complexity index is 853. The Hall–Kier alpha value is -1.05. The summed E-state index contributed by atoms with van der Waals surface area (Å²) in [5.74, 6) is 0. The van der Waals surface area contributed by atoms with Crippen molar-refractivity contribution >= 4 is 50.5 Å². The van der Waals surface area contributed by atoms with Crippen LogP contribution < -0.4 is 4.90 Å². The predicted molar refractivity (Wildman–Crippen MR) is 96.7 cm³/mol. The Kier molecular flexibility index (Phi) is 5.22. The number of sulfonamides is 1. The van der Waals surface area contributed by atoms with Gasteiger partial charge in [-0.25, -0.2) is 8.42 Å². The molecule has 1 fully saturated rings. The van der Waals surface area contributed by atoms with E-state index < -0.39 is 10.0 Å². The highest BCUT2D eigenvalue weighted by Gasteiger charge is 2.30. The lowest BCUT2D eigenvalue weighted by Gasteiger charge is -2.35. The van der Waals surface area contributed by atoms with Gasteiger partial charge in [-0.2, -0.15) is 4.31 Å². The van der Waals surface area contributed by atoms with Crippen molar-refractivity contribution in [2.45, 2.75) is 4.90 Å². The van der Waals surface area contributed by atoms with Gasteiger partial charge in [-0.05, 0) is 24.3 Å². The number of pyridine rings is 1. The molecule has 24 heavy (non-hydrogen) atoms. The van der Waals surface area contributed by atoms with Crippen molar-refractivity contribution in [1.29, 1.82) is 0 Å². The van der Waals surface area contributed by atoms with Crippen molar-refractivity contribution in [3.05, 3.63) is 51.7 Å². The molecular formula is C15H14Cl3N3O2S. The van der Waals surface area contributed by atoms with E-state index in [-0.39, 0.29) is 9.92 Å². The fourth-order valence-corrected chi connectivity index (χ4v) is 5.01. The Balaban J connectivity index is 1.79. The summed E-state index contributed by atoms with van der Waals surface area (Å²) in [6.45, 7) is 1.73. The number of hydrogen-bond donors (Lipinski definition) is 0. The van der Waals surface area contributed by atoms with Gasteiger partial charge in [0.1, 0.15) is 4.90 Å². The van der Waals surface area contributed by atoms with Crippen molar-refractivity contribution in [1.82, 2.24) is 9.29 Å². The van der Waals surface area contributed by atoms with E-state index in [1.54, 1.807) is 18.5 Å². The largest absolute Gasteiger partial charge is 0.368 e. The van der Waals surface area contributed by atoms with Gasteiger partial charge in [-0.3, -0.25) is 4.98 Å². The standard InChI is InChI=1S/C15H14Cl3N3O2S/c16-11-1-2-12(17)15(9-11)24(22,23)21-7-5-20(6-8-21)14-3-4-19-10-13(14)18/h1-4,9-10H,5-8H2. The van der Waals surface area contributed by atoms with Gasteiger partial charge in [0.05, 0.1) is 15.7 Å². The van der Waals surface area contributed by atoms with E-state index in [1.165, 1.54) is 16.4 Å². The van der Waals surface area contributed by atoms with E-state index in [9.17, 15) is 8.42 Å². The molecule has 0 saturated carbocycles. The van der Waals surface area contributed by atoms with E-state index in [0.29, 0.717) is 36.2 Å². The monoisotopic (exact) mass is 405 g/mol. The first-order valence-corrected chi connectivity index (χ1v) is 9.76. The van der Waals surface area contributed by atoms with Crippen molar-refractivity contribution in [2.24, 2.45) is 0 Å². The van der Waals surface area contributed by atoms with E-state index in [1.807, 2.05) is 11.0 Å². The summed E-state index contributed by atoms with van der Waals surface area (Å²) < 4.78 is 27.0. The average Bonchev–Trinajstić information content (AvgIpc) is 2.57. The van der Waals surface area contributed by atoms with E-state index >= 15 is 0 Å². The van der Waals surface area contributed by atoms with Crippen LogP contribution in [0.25, 0.3) is 0 Å². The zero-order valence-corrected chi connectivity index (χ0v) is 15.6. The molecule has 0 amide bonds. The third-order valence-electron chi connectivity index (χ3n) is 3.84. The zero-order chi connectivity index (χ0) is 17.3. The summed E-state index contributed by atoms with van der Waals surface area (Å²) in [5, 5.41) is 1.05. The number of nitrogens with zero attached hydrogens (tertiary/aromatic N) is 3. The Morgan fingerprint density at radius 1 is 0.958 bits per heavy atom. The Morgan fingerprint density at radius 3 is 2.33 bits per heavy atom. The zero-order valence-electron chi connectivity index (χ0n) is 12.5. The summed E-state index contributed by atoms with van der Waals surface area (Å²) in [7, 11) is -3.69. The number of halogens is 3. The molecule has 0 spiro atoms. The van der Waals surface area contributed by atoms with Gasteiger partial charge in [-0.15, -0.1) is 0 Å². The lowest BCUT2D eigenvalue weighted by atomic mass is 10.3. The molecule has 1 aromatic carbocycles. The van der Waals surface area contributed by atoms with Crippen LogP contribution in [0.1, 0.15) is 0 Å². The quantitative estimate of drug-likeness (QED) is 0.782. The number of rotatable bonds is 3. The smallest absolute Gasteiger partial charge is 0.244 e. The molecule has 0 radical (unpaired) electrons. The minimum Gasteiger partial charge on any atom is -0.368 e. The maximum Gasteiger partial charge on any atom is 0.244 e. The highest BCUT2D eigenvalue weighted by Crippen LogP contribution is 2.30. The molecule has 9 heteroatoms. The summed E-state index contributed by atoms with van der Waals surface area (Å²) >= 11 is 18.1. The van der Waals surface area contributed by atoms with E-state index in [0.717, 1.165) is 5.69 Å². The molecule has 1 aromatic heterocycles. The molecule has 1 saturated heterocycles. The average molecular weight is 407 g/mol. The molecule has 5 nitrogen and oxygen atoms in total. The molecule has 2 aromatic rings. The molecule has 0 aliphatic carbocycles. The van der Waals surface area contributed by atoms with Crippen LogP contribution in [0, 0.1) is 0 Å². The van der Waals surface area contributed by atoms with Crippen LogP contribution in [0.4, 0.5) is 5.69 Å². The van der Waals surface area contributed by atoms with Gasteiger partial charge < -0.3 is 4.90 Å². The van der Waals surface area contributed by atoms with Gasteiger partial charge in [-0.1, -0.05) is 34.8 Å². The van der Waals surface area contributed by atoms with Crippen LogP contribution >= 0.6 is 34.8 Å². The fourth-order valence-electron chi connectivity index (χ4n) is 2.61. The van der Waals surface area contributed by atoms with Gasteiger partial charge in [0, 0.05) is 43.6 Å². The van der Waals surface area contributed by atoms with Crippen molar-refractivity contribution in [2.75, 3.05) is 31.1 Å². The maximum atomic E-state index is 12.8. The topological polar surface area (TPSA) is 53.5 Å². The first kappa shape index (κ1) is 17.8. The Labute approximate surface area is 155 Å². The number of piperazine rings is 1. The first-order chi connectivity index (χ1) is 11.4. The summed E-state index contributed by atoms with van der Waals surface area (Å²) in [6.07, 6.45) is 3.24. The molecule has 0 unspecified atom stereocenters. The van der Waals surface area contributed by atoms with Crippen molar-refractivity contribution < 1.29 is 8.42 Å². The van der Waals surface area contributed by atoms with Crippen LogP contribution in [-0.2, 0) is 10.0 Å². The molecule has 1 aliphatic rings. The van der Waals surface area contributed by atoms with Crippen molar-refractivity contribution in [3.8, 4) is 0 Å². The minimum absolute atomic E-state index is 0.0343. The molecule has 0 N–H and O–H groups in total. The fraction of sp³-hybridized carbons (Fsp3) is 0.267. The second-order valence-corrected chi connectivity index (χ2v) is 8.45. The summed E-state index contributed by atoms with van der Waals surface area (Å²) in [4.78, 5) is 6.03. The molecule has 128 valence electrons. The number of hydrogen-bond acceptors (Lipinski definition) is 4. The molecule has 2 heterocycles. The van der Waals surface area contributed by atoms with Crippen LogP contribution in [0.5, 0.6) is 0 Å². The number of benzene rings is 1. The number of anilines is 1. The molecule has 0 atom stereocenters. The third kappa shape index (κ3) is 3.48. The lowest BCUT2D eigenvalue weighted by molar-refractivity contribution is 0.385. The van der Waals surface area contributed by atoms with Gasteiger partial charge in [0.15, 0.2) is 0 Å². The van der Waals surface area contributed by atoms with Crippen LogP contribution in [0.15, 0.2) is 41.6 Å². The Morgan fingerprint density at radius 2 is 1.67 bits per heavy atom. The molecule has 1 aliphatic heterocycles. The SMILES string of the molecule is O=S(=O)(c1cc(Cl)ccc1Cl)N1CCN(c2ccncc2Cl)CC1. The highest BCUT2D eigenvalue weighted by molar-refractivity contribution is 7.89. The maximum absolute atomic E-state index is 12.8. The molecular weight excluding hydrogens is 393 g/mol. The summed E-state index contributed by atoms with van der Waals surface area (Å²) in [6, 6.07) is 6.25. The van der Waals surface area contributed by atoms with Crippen molar-refractivity contribution in [3.63, 3.8) is 0 Å². The van der Waals surface area contributed by atoms with Crippen LogP contribution in [-0.4, -0.2) is 43.9 Å². The lowest BCUT2D eigenvalue weighted by Crippen LogP contribution is -2.48. The normalized spacial score (nSPS) is 16.4. The third-order valence-corrected chi connectivity index (χ3v) is 6.75. The minimum atomic E-state index is -3.69.